The number of carbonyl (C=O) groups excluding carboxylic acids is 2. The van der Waals surface area contributed by atoms with Crippen molar-refractivity contribution >= 4 is 29.1 Å². The van der Waals surface area contributed by atoms with E-state index in [4.69, 9.17) is 21.1 Å². The molecule has 4 nitrogen and oxygen atoms in total. The standard InChI is InChI=1S/C15H13ClO4/c1-3-19-12(17)8-11-14(18)13(16)15(20-11)10-6-4-9(2)5-7-10/h4-8H,3H2,1-2H3. The Labute approximate surface area is 121 Å². The van der Waals surface area contributed by atoms with Crippen LogP contribution in [0.2, 0.25) is 0 Å². The molecule has 0 spiro atoms. The Balaban J connectivity index is 2.27. The van der Waals surface area contributed by atoms with Crippen LogP contribution in [-0.2, 0) is 19.1 Å². The van der Waals surface area contributed by atoms with Crippen molar-refractivity contribution in [2.75, 3.05) is 6.61 Å². The number of benzene rings is 1. The fourth-order valence-corrected chi connectivity index (χ4v) is 1.93. The zero-order valence-electron chi connectivity index (χ0n) is 11.1. The van der Waals surface area contributed by atoms with Crippen molar-refractivity contribution < 1.29 is 19.1 Å². The van der Waals surface area contributed by atoms with Crippen LogP contribution >= 0.6 is 11.6 Å². The topological polar surface area (TPSA) is 52.6 Å². The number of hydrogen-bond donors (Lipinski definition) is 0. The molecule has 0 aliphatic carbocycles. The largest absolute Gasteiger partial charge is 0.463 e. The maximum atomic E-state index is 11.9. The van der Waals surface area contributed by atoms with Crippen molar-refractivity contribution in [2.45, 2.75) is 13.8 Å². The fourth-order valence-electron chi connectivity index (χ4n) is 1.69. The number of rotatable bonds is 3. The van der Waals surface area contributed by atoms with Gasteiger partial charge in [-0.25, -0.2) is 4.79 Å². The summed E-state index contributed by atoms with van der Waals surface area (Å²) < 4.78 is 10.1. The van der Waals surface area contributed by atoms with Crippen LogP contribution < -0.4 is 0 Å². The molecule has 0 aromatic heterocycles. The molecular formula is C15H13ClO4. The average molecular weight is 293 g/mol. The number of carbonyl (C=O) groups is 2. The first-order valence-corrected chi connectivity index (χ1v) is 6.48. The molecular weight excluding hydrogens is 280 g/mol. The minimum absolute atomic E-state index is 0.0376. The van der Waals surface area contributed by atoms with Crippen LogP contribution in [0, 0.1) is 6.92 Å². The van der Waals surface area contributed by atoms with Crippen molar-refractivity contribution in [2.24, 2.45) is 0 Å². The average Bonchev–Trinajstić information content (AvgIpc) is 2.68. The second-order valence-corrected chi connectivity index (χ2v) is 4.58. The Bertz CT molecular complexity index is 611. The lowest BCUT2D eigenvalue weighted by atomic mass is 10.1. The van der Waals surface area contributed by atoms with Gasteiger partial charge in [-0.3, -0.25) is 4.79 Å². The minimum Gasteiger partial charge on any atom is -0.463 e. The maximum Gasteiger partial charge on any atom is 0.334 e. The van der Waals surface area contributed by atoms with E-state index < -0.39 is 11.8 Å². The van der Waals surface area contributed by atoms with E-state index >= 15 is 0 Å². The lowest BCUT2D eigenvalue weighted by Gasteiger charge is -2.04. The van der Waals surface area contributed by atoms with E-state index in [1.807, 2.05) is 19.1 Å². The number of hydrogen-bond acceptors (Lipinski definition) is 4. The minimum atomic E-state index is -0.634. The van der Waals surface area contributed by atoms with Crippen LogP contribution in [0.5, 0.6) is 0 Å². The Kier molecular flexibility index (Phi) is 4.25. The number of esters is 1. The molecule has 1 aliphatic rings. The summed E-state index contributed by atoms with van der Waals surface area (Å²) in [6.07, 6.45) is 1.01. The summed E-state index contributed by atoms with van der Waals surface area (Å²) in [4.78, 5) is 23.3. The molecule has 0 fully saturated rings. The third-order valence-corrected chi connectivity index (χ3v) is 3.03. The van der Waals surface area contributed by atoms with Gasteiger partial charge in [0.2, 0.25) is 5.78 Å². The normalized spacial score (nSPS) is 16.6. The summed E-state index contributed by atoms with van der Waals surface area (Å²) in [6, 6.07) is 7.36. The van der Waals surface area contributed by atoms with Crippen molar-refractivity contribution in [3.05, 3.63) is 52.3 Å². The summed E-state index contributed by atoms with van der Waals surface area (Å²) >= 11 is 5.97. The second kappa shape index (κ2) is 5.92. The van der Waals surface area contributed by atoms with Crippen molar-refractivity contribution in [1.82, 2.24) is 0 Å². The third-order valence-electron chi connectivity index (χ3n) is 2.68. The molecule has 0 bridgehead atoms. The maximum absolute atomic E-state index is 11.9. The highest BCUT2D eigenvalue weighted by Gasteiger charge is 2.31. The molecule has 1 aromatic rings. The van der Waals surface area contributed by atoms with E-state index in [1.54, 1.807) is 19.1 Å². The van der Waals surface area contributed by atoms with Gasteiger partial charge in [0.15, 0.2) is 11.5 Å². The second-order valence-electron chi connectivity index (χ2n) is 4.20. The van der Waals surface area contributed by atoms with E-state index in [-0.39, 0.29) is 23.2 Å². The van der Waals surface area contributed by atoms with Crippen LogP contribution in [-0.4, -0.2) is 18.4 Å². The summed E-state index contributed by atoms with van der Waals surface area (Å²) in [5.74, 6) is -1.02. The van der Waals surface area contributed by atoms with Crippen LogP contribution in [0.1, 0.15) is 18.1 Å². The number of ketones is 1. The van der Waals surface area contributed by atoms with Gasteiger partial charge in [0, 0.05) is 5.56 Å². The highest BCUT2D eigenvalue weighted by atomic mass is 35.5. The number of allylic oxidation sites excluding steroid dienone is 1. The van der Waals surface area contributed by atoms with Gasteiger partial charge in [-0.15, -0.1) is 0 Å². The molecule has 1 aliphatic heterocycles. The zero-order chi connectivity index (χ0) is 14.7. The van der Waals surface area contributed by atoms with E-state index in [0.29, 0.717) is 5.56 Å². The quantitative estimate of drug-likeness (QED) is 0.635. The van der Waals surface area contributed by atoms with E-state index in [9.17, 15) is 9.59 Å². The first-order chi connectivity index (χ1) is 9.52. The van der Waals surface area contributed by atoms with E-state index in [1.165, 1.54) is 0 Å². The van der Waals surface area contributed by atoms with Gasteiger partial charge in [0.1, 0.15) is 5.03 Å². The fraction of sp³-hybridized carbons (Fsp3) is 0.200. The summed E-state index contributed by atoms with van der Waals surface area (Å²) in [7, 11) is 0. The predicted octanol–water partition coefficient (Wildman–Crippen LogP) is 2.95. The smallest absolute Gasteiger partial charge is 0.334 e. The lowest BCUT2D eigenvalue weighted by molar-refractivity contribution is -0.137. The summed E-state index contributed by atoms with van der Waals surface area (Å²) in [5.41, 5.74) is 1.76. The molecule has 0 amide bonds. The SMILES string of the molecule is CCOC(=O)C=C1OC(c2ccc(C)cc2)=C(Cl)C1=O. The molecule has 2 rings (SSSR count). The monoisotopic (exact) mass is 292 g/mol. The molecule has 1 heterocycles. The molecule has 0 radical (unpaired) electrons. The Morgan fingerprint density at radius 2 is 2.00 bits per heavy atom. The first kappa shape index (κ1) is 14.3. The molecule has 104 valence electrons. The highest BCUT2D eigenvalue weighted by Crippen LogP contribution is 2.34. The molecule has 1 aromatic carbocycles. The summed E-state index contributed by atoms with van der Waals surface area (Å²) in [6.45, 7) is 3.85. The predicted molar refractivity (Wildman–Crippen MR) is 74.8 cm³/mol. The number of Topliss-reactive ketones (excluding diaryl/α,β-unsaturated/α-hetero) is 1. The van der Waals surface area contributed by atoms with Crippen molar-refractivity contribution in [3.63, 3.8) is 0 Å². The molecule has 0 unspecified atom stereocenters. The van der Waals surface area contributed by atoms with Crippen molar-refractivity contribution in [1.29, 1.82) is 0 Å². The van der Waals surface area contributed by atoms with Gasteiger partial charge in [0.05, 0.1) is 12.7 Å². The van der Waals surface area contributed by atoms with E-state index in [2.05, 4.69) is 0 Å². The lowest BCUT2D eigenvalue weighted by Crippen LogP contribution is -2.04. The van der Waals surface area contributed by atoms with Gasteiger partial charge in [0.25, 0.3) is 0 Å². The number of halogens is 1. The van der Waals surface area contributed by atoms with Crippen LogP contribution in [0.4, 0.5) is 0 Å². The molecule has 20 heavy (non-hydrogen) atoms. The van der Waals surface area contributed by atoms with Crippen LogP contribution in [0.25, 0.3) is 5.76 Å². The molecule has 0 saturated carbocycles. The van der Waals surface area contributed by atoms with Crippen LogP contribution in [0.3, 0.4) is 0 Å². The molecule has 5 heteroatoms. The Morgan fingerprint density at radius 3 is 2.60 bits per heavy atom. The van der Waals surface area contributed by atoms with E-state index in [0.717, 1.165) is 11.6 Å². The van der Waals surface area contributed by atoms with Gasteiger partial charge in [-0.05, 0) is 13.8 Å². The molecule has 0 saturated heterocycles. The van der Waals surface area contributed by atoms with Crippen LogP contribution in [0.15, 0.2) is 41.1 Å². The first-order valence-electron chi connectivity index (χ1n) is 6.10. The summed E-state index contributed by atoms with van der Waals surface area (Å²) in [5, 5.41) is -0.0376. The third kappa shape index (κ3) is 2.91. The number of aryl methyl sites for hydroxylation is 1. The van der Waals surface area contributed by atoms with Gasteiger partial charge < -0.3 is 9.47 Å². The molecule has 0 N–H and O–H groups in total. The van der Waals surface area contributed by atoms with Gasteiger partial charge >= 0.3 is 5.97 Å². The molecule has 0 atom stereocenters. The highest BCUT2D eigenvalue weighted by molar-refractivity contribution is 6.49. The Hall–Kier alpha value is -2.07. The van der Waals surface area contributed by atoms with Gasteiger partial charge in [-0.1, -0.05) is 41.4 Å². The van der Waals surface area contributed by atoms with Crippen molar-refractivity contribution in [3.8, 4) is 0 Å². The zero-order valence-corrected chi connectivity index (χ0v) is 11.9. The van der Waals surface area contributed by atoms with Gasteiger partial charge in [-0.2, -0.15) is 0 Å². The Morgan fingerprint density at radius 1 is 1.35 bits per heavy atom. The number of ether oxygens (including phenoxy) is 2.